The number of rotatable bonds is 6. The molecule has 0 aliphatic heterocycles. The fourth-order valence-electron chi connectivity index (χ4n) is 2.71. The molecule has 1 amide bonds. The molecule has 0 unspecified atom stereocenters. The van der Waals surface area contributed by atoms with Crippen LogP contribution in [0.5, 0.6) is 5.75 Å². The van der Waals surface area contributed by atoms with Gasteiger partial charge in [-0.2, -0.15) is 0 Å². The zero-order chi connectivity index (χ0) is 18.7. The van der Waals surface area contributed by atoms with Crippen molar-refractivity contribution in [2.24, 2.45) is 0 Å². The number of fused-ring (bicyclic) bond motifs is 1. The number of aromatic amines is 2. The van der Waals surface area contributed by atoms with Gasteiger partial charge in [-0.25, -0.2) is 4.79 Å². The summed E-state index contributed by atoms with van der Waals surface area (Å²) < 4.78 is 5.16. The number of anilines is 1. The Morgan fingerprint density at radius 3 is 2.54 bits per heavy atom. The predicted octanol–water partition coefficient (Wildman–Crippen LogP) is 2.32. The Bertz CT molecular complexity index is 959. The van der Waals surface area contributed by atoms with Gasteiger partial charge in [-0.05, 0) is 49.9 Å². The third kappa shape index (κ3) is 3.94. The number of imidazole rings is 1. The van der Waals surface area contributed by atoms with Gasteiger partial charge in [-0.1, -0.05) is 12.1 Å². The number of nitrogens with zero attached hydrogens (tertiary/aromatic N) is 1. The summed E-state index contributed by atoms with van der Waals surface area (Å²) >= 11 is 0. The van der Waals surface area contributed by atoms with Crippen LogP contribution < -0.4 is 15.7 Å². The molecule has 0 bridgehead atoms. The van der Waals surface area contributed by atoms with Crippen molar-refractivity contribution in [3.63, 3.8) is 0 Å². The first-order chi connectivity index (χ1) is 12.5. The Morgan fingerprint density at radius 2 is 1.85 bits per heavy atom. The normalized spacial score (nSPS) is 12.3. The second-order valence-electron chi connectivity index (χ2n) is 6.27. The van der Waals surface area contributed by atoms with Gasteiger partial charge in [0.15, 0.2) is 0 Å². The Kier molecular flexibility index (Phi) is 5.09. The van der Waals surface area contributed by atoms with Crippen LogP contribution in [0.4, 0.5) is 5.69 Å². The van der Waals surface area contributed by atoms with Crippen molar-refractivity contribution in [3.05, 3.63) is 58.5 Å². The first-order valence-corrected chi connectivity index (χ1v) is 8.32. The lowest BCUT2D eigenvalue weighted by Crippen LogP contribution is -2.39. The van der Waals surface area contributed by atoms with E-state index in [0.29, 0.717) is 23.3 Å². The number of amides is 1. The van der Waals surface area contributed by atoms with E-state index >= 15 is 0 Å². The second-order valence-corrected chi connectivity index (χ2v) is 6.27. The van der Waals surface area contributed by atoms with Crippen molar-refractivity contribution in [1.29, 1.82) is 0 Å². The monoisotopic (exact) mass is 354 g/mol. The van der Waals surface area contributed by atoms with Gasteiger partial charge in [0.2, 0.25) is 5.91 Å². The van der Waals surface area contributed by atoms with E-state index in [0.717, 1.165) is 11.3 Å². The maximum atomic E-state index is 12.5. The third-order valence-electron chi connectivity index (χ3n) is 4.42. The minimum absolute atomic E-state index is 0.113. The molecule has 7 nitrogen and oxygen atoms in total. The van der Waals surface area contributed by atoms with Crippen molar-refractivity contribution in [2.45, 2.75) is 19.5 Å². The molecule has 0 saturated carbocycles. The van der Waals surface area contributed by atoms with E-state index in [1.54, 1.807) is 25.3 Å². The SMILES string of the molecule is COc1ccc(CN(C)[C@@H](C)C(=O)Nc2ccc3[nH]c(=O)[nH]c3c2)cc1. The van der Waals surface area contributed by atoms with Crippen LogP contribution in [-0.2, 0) is 11.3 Å². The van der Waals surface area contributed by atoms with Crippen LogP contribution >= 0.6 is 0 Å². The summed E-state index contributed by atoms with van der Waals surface area (Å²) in [7, 11) is 3.54. The average molecular weight is 354 g/mol. The molecule has 1 heterocycles. The highest BCUT2D eigenvalue weighted by molar-refractivity contribution is 5.96. The number of ether oxygens (including phenoxy) is 1. The molecule has 0 fully saturated rings. The Balaban J connectivity index is 1.64. The molecule has 0 spiro atoms. The van der Waals surface area contributed by atoms with E-state index in [2.05, 4.69) is 15.3 Å². The van der Waals surface area contributed by atoms with Crippen LogP contribution in [0.15, 0.2) is 47.3 Å². The van der Waals surface area contributed by atoms with Crippen molar-refractivity contribution in [1.82, 2.24) is 14.9 Å². The molecule has 1 atom stereocenters. The van der Waals surface area contributed by atoms with Crippen LogP contribution in [0.3, 0.4) is 0 Å². The number of aromatic nitrogens is 2. The van der Waals surface area contributed by atoms with E-state index in [9.17, 15) is 9.59 Å². The zero-order valence-corrected chi connectivity index (χ0v) is 15.0. The van der Waals surface area contributed by atoms with Crippen molar-refractivity contribution in [2.75, 3.05) is 19.5 Å². The molecule has 2 aromatic carbocycles. The highest BCUT2D eigenvalue weighted by atomic mass is 16.5. The van der Waals surface area contributed by atoms with Gasteiger partial charge in [0.05, 0.1) is 24.2 Å². The molecule has 0 saturated heterocycles. The van der Waals surface area contributed by atoms with Crippen molar-refractivity contribution >= 4 is 22.6 Å². The van der Waals surface area contributed by atoms with E-state index in [-0.39, 0.29) is 17.6 Å². The quantitative estimate of drug-likeness (QED) is 0.634. The third-order valence-corrected chi connectivity index (χ3v) is 4.42. The lowest BCUT2D eigenvalue weighted by Gasteiger charge is -2.24. The molecule has 0 aliphatic carbocycles. The van der Waals surface area contributed by atoms with Crippen LogP contribution in [0.1, 0.15) is 12.5 Å². The fourth-order valence-corrected chi connectivity index (χ4v) is 2.71. The van der Waals surface area contributed by atoms with Gasteiger partial charge in [-0.3, -0.25) is 9.69 Å². The second kappa shape index (κ2) is 7.45. The van der Waals surface area contributed by atoms with Gasteiger partial charge >= 0.3 is 5.69 Å². The van der Waals surface area contributed by atoms with Crippen LogP contribution in [0.25, 0.3) is 11.0 Å². The number of likely N-dealkylation sites (N-methyl/N-ethyl adjacent to an activating group) is 1. The molecule has 3 rings (SSSR count). The van der Waals surface area contributed by atoms with E-state index in [4.69, 9.17) is 4.74 Å². The van der Waals surface area contributed by atoms with Crippen LogP contribution in [0, 0.1) is 0 Å². The summed E-state index contributed by atoms with van der Waals surface area (Å²) in [5, 5.41) is 2.89. The molecule has 136 valence electrons. The summed E-state index contributed by atoms with van der Waals surface area (Å²) in [6, 6.07) is 12.7. The van der Waals surface area contributed by atoms with Crippen LogP contribution in [0.2, 0.25) is 0 Å². The highest BCUT2D eigenvalue weighted by Crippen LogP contribution is 2.16. The van der Waals surface area contributed by atoms with Crippen molar-refractivity contribution < 1.29 is 9.53 Å². The number of hydrogen-bond acceptors (Lipinski definition) is 4. The molecule has 26 heavy (non-hydrogen) atoms. The first-order valence-electron chi connectivity index (χ1n) is 8.32. The summed E-state index contributed by atoms with van der Waals surface area (Å²) in [6.07, 6.45) is 0. The number of H-pyrrole nitrogens is 2. The van der Waals surface area contributed by atoms with E-state index in [1.807, 2.05) is 43.1 Å². The first kappa shape index (κ1) is 17.8. The standard InChI is InChI=1S/C19H22N4O3/c1-12(23(2)11-13-4-7-15(26-3)8-5-13)18(24)20-14-6-9-16-17(10-14)22-19(25)21-16/h4-10,12H,11H2,1-3H3,(H,20,24)(H2,21,22,25)/t12-/m0/s1. The molecule has 1 aromatic heterocycles. The summed E-state index contributed by atoms with van der Waals surface area (Å²) in [4.78, 5) is 31.2. The van der Waals surface area contributed by atoms with Gasteiger partial charge in [0.1, 0.15) is 5.75 Å². The lowest BCUT2D eigenvalue weighted by molar-refractivity contribution is -0.120. The fraction of sp³-hybridized carbons (Fsp3) is 0.263. The minimum Gasteiger partial charge on any atom is -0.497 e. The molecule has 3 aromatic rings. The van der Waals surface area contributed by atoms with Gasteiger partial charge in [0.25, 0.3) is 0 Å². The van der Waals surface area contributed by atoms with E-state index in [1.165, 1.54) is 0 Å². The molecular formula is C19H22N4O3. The predicted molar refractivity (Wildman–Crippen MR) is 101 cm³/mol. The summed E-state index contributed by atoms with van der Waals surface area (Å²) in [5.41, 5.74) is 2.84. The molecular weight excluding hydrogens is 332 g/mol. The number of carbonyl (C=O) groups excluding carboxylic acids is 1. The molecule has 0 radical (unpaired) electrons. The number of nitrogens with one attached hydrogen (secondary N) is 3. The van der Waals surface area contributed by atoms with Gasteiger partial charge < -0.3 is 20.0 Å². The van der Waals surface area contributed by atoms with Crippen LogP contribution in [-0.4, -0.2) is 41.0 Å². The Labute approximate surface area is 151 Å². The largest absolute Gasteiger partial charge is 0.497 e. The maximum Gasteiger partial charge on any atom is 0.323 e. The number of carbonyl (C=O) groups is 1. The number of benzene rings is 2. The summed E-state index contributed by atoms with van der Waals surface area (Å²) in [5.74, 6) is 0.693. The summed E-state index contributed by atoms with van der Waals surface area (Å²) in [6.45, 7) is 2.50. The zero-order valence-electron chi connectivity index (χ0n) is 15.0. The number of hydrogen-bond donors (Lipinski definition) is 3. The molecule has 3 N–H and O–H groups in total. The lowest BCUT2D eigenvalue weighted by atomic mass is 10.1. The molecule has 0 aliphatic rings. The average Bonchev–Trinajstić information content (AvgIpc) is 3.00. The highest BCUT2D eigenvalue weighted by Gasteiger charge is 2.18. The van der Waals surface area contributed by atoms with Gasteiger partial charge in [-0.15, -0.1) is 0 Å². The van der Waals surface area contributed by atoms with Gasteiger partial charge in [0, 0.05) is 12.2 Å². The number of methoxy groups -OCH3 is 1. The minimum atomic E-state index is -0.321. The maximum absolute atomic E-state index is 12.5. The van der Waals surface area contributed by atoms with Crippen molar-refractivity contribution in [3.8, 4) is 5.75 Å². The topological polar surface area (TPSA) is 90.2 Å². The smallest absolute Gasteiger partial charge is 0.323 e. The van der Waals surface area contributed by atoms with E-state index < -0.39 is 0 Å². The Morgan fingerprint density at radius 1 is 1.15 bits per heavy atom. The Hall–Kier alpha value is -3.06. The molecule has 7 heteroatoms.